The zero-order valence-electron chi connectivity index (χ0n) is 8.79. The van der Waals surface area contributed by atoms with E-state index in [-0.39, 0.29) is 11.7 Å². The first-order valence-electron chi connectivity index (χ1n) is 5.02. The number of anilines is 1. The molecule has 0 radical (unpaired) electrons. The Balaban J connectivity index is 2.34. The molecule has 0 saturated carbocycles. The molecular weight excluding hydrogens is 192 g/mol. The molecule has 0 bridgehead atoms. The predicted molar refractivity (Wildman–Crippen MR) is 59.9 cm³/mol. The number of phenolic OH excluding ortho intramolecular Hbond substituents is 1. The minimum Gasteiger partial charge on any atom is -0.508 e. The molecule has 1 amide bonds. The van der Waals surface area contributed by atoms with Crippen molar-refractivity contribution in [3.63, 3.8) is 0 Å². The van der Waals surface area contributed by atoms with Crippen LogP contribution >= 0.6 is 0 Å². The lowest BCUT2D eigenvalue weighted by molar-refractivity contribution is -0.116. The van der Waals surface area contributed by atoms with Crippen LogP contribution in [0.1, 0.15) is 13.3 Å². The van der Waals surface area contributed by atoms with Crippen LogP contribution in [0.4, 0.5) is 5.69 Å². The van der Waals surface area contributed by atoms with Gasteiger partial charge in [-0.05, 0) is 30.8 Å². The third-order valence-electron chi connectivity index (χ3n) is 1.93. The monoisotopic (exact) mass is 208 g/mol. The first-order chi connectivity index (χ1) is 7.22. The van der Waals surface area contributed by atoms with Crippen LogP contribution in [0, 0.1) is 0 Å². The van der Waals surface area contributed by atoms with Gasteiger partial charge in [-0.1, -0.05) is 6.92 Å². The normalized spacial score (nSPS) is 9.93. The van der Waals surface area contributed by atoms with E-state index < -0.39 is 0 Å². The van der Waals surface area contributed by atoms with Crippen molar-refractivity contribution in [3.8, 4) is 5.75 Å². The summed E-state index contributed by atoms with van der Waals surface area (Å²) in [5, 5.41) is 14.9. The van der Waals surface area contributed by atoms with Crippen molar-refractivity contribution < 1.29 is 9.90 Å². The van der Waals surface area contributed by atoms with Crippen LogP contribution in [0.3, 0.4) is 0 Å². The number of aromatic hydroxyl groups is 1. The molecule has 15 heavy (non-hydrogen) atoms. The van der Waals surface area contributed by atoms with Gasteiger partial charge in [0.25, 0.3) is 0 Å². The van der Waals surface area contributed by atoms with Gasteiger partial charge in [-0.15, -0.1) is 0 Å². The topological polar surface area (TPSA) is 61.4 Å². The zero-order valence-corrected chi connectivity index (χ0v) is 8.79. The Morgan fingerprint density at radius 3 is 2.60 bits per heavy atom. The minimum atomic E-state index is -0.0263. The van der Waals surface area contributed by atoms with Gasteiger partial charge in [0.2, 0.25) is 5.91 Å². The van der Waals surface area contributed by atoms with Gasteiger partial charge in [-0.2, -0.15) is 0 Å². The van der Waals surface area contributed by atoms with E-state index in [1.54, 1.807) is 24.3 Å². The molecule has 0 atom stereocenters. The smallest absolute Gasteiger partial charge is 0.225 e. The van der Waals surface area contributed by atoms with Crippen LogP contribution in [-0.2, 0) is 4.79 Å². The lowest BCUT2D eigenvalue weighted by Gasteiger charge is -2.05. The van der Waals surface area contributed by atoms with E-state index in [2.05, 4.69) is 10.6 Å². The van der Waals surface area contributed by atoms with E-state index in [0.717, 1.165) is 6.54 Å². The number of amides is 1. The van der Waals surface area contributed by atoms with Crippen molar-refractivity contribution >= 4 is 11.6 Å². The van der Waals surface area contributed by atoms with Crippen LogP contribution < -0.4 is 10.6 Å². The van der Waals surface area contributed by atoms with E-state index >= 15 is 0 Å². The third-order valence-corrected chi connectivity index (χ3v) is 1.93. The molecule has 0 saturated heterocycles. The van der Waals surface area contributed by atoms with Gasteiger partial charge in [0.05, 0.1) is 0 Å². The van der Waals surface area contributed by atoms with Crippen LogP contribution in [0.15, 0.2) is 24.3 Å². The molecule has 0 aliphatic heterocycles. The van der Waals surface area contributed by atoms with E-state index in [0.29, 0.717) is 18.7 Å². The van der Waals surface area contributed by atoms with Crippen molar-refractivity contribution in [2.45, 2.75) is 13.3 Å². The first-order valence-corrected chi connectivity index (χ1v) is 5.02. The van der Waals surface area contributed by atoms with Gasteiger partial charge in [-0.25, -0.2) is 0 Å². The van der Waals surface area contributed by atoms with Gasteiger partial charge in [-0.3, -0.25) is 4.79 Å². The highest BCUT2D eigenvalue weighted by Gasteiger charge is 2.00. The van der Waals surface area contributed by atoms with Gasteiger partial charge in [0.1, 0.15) is 5.75 Å². The Morgan fingerprint density at radius 2 is 2.00 bits per heavy atom. The molecule has 0 aliphatic carbocycles. The zero-order chi connectivity index (χ0) is 11.1. The second-order valence-corrected chi connectivity index (χ2v) is 3.20. The fraction of sp³-hybridized carbons (Fsp3) is 0.364. The van der Waals surface area contributed by atoms with Gasteiger partial charge in [0.15, 0.2) is 0 Å². The van der Waals surface area contributed by atoms with E-state index in [4.69, 9.17) is 5.11 Å². The molecule has 0 aliphatic rings. The molecule has 1 aromatic carbocycles. The van der Waals surface area contributed by atoms with Crippen molar-refractivity contribution in [3.05, 3.63) is 24.3 Å². The molecule has 3 N–H and O–H groups in total. The lowest BCUT2D eigenvalue weighted by atomic mass is 10.3. The van der Waals surface area contributed by atoms with Gasteiger partial charge >= 0.3 is 0 Å². The molecule has 82 valence electrons. The Hall–Kier alpha value is -1.55. The molecular formula is C11H16N2O2. The number of hydrogen-bond acceptors (Lipinski definition) is 3. The summed E-state index contributed by atoms with van der Waals surface area (Å²) in [6, 6.07) is 6.42. The molecule has 1 rings (SSSR count). The molecule has 0 unspecified atom stereocenters. The van der Waals surface area contributed by atoms with E-state index in [9.17, 15) is 4.79 Å². The molecule has 0 heterocycles. The van der Waals surface area contributed by atoms with E-state index in [1.165, 1.54) is 0 Å². The number of carbonyl (C=O) groups excluding carboxylic acids is 1. The molecule has 0 fully saturated rings. The molecule has 4 nitrogen and oxygen atoms in total. The highest BCUT2D eigenvalue weighted by molar-refractivity contribution is 5.90. The third kappa shape index (κ3) is 4.46. The molecule has 0 spiro atoms. The van der Waals surface area contributed by atoms with Gasteiger partial charge < -0.3 is 15.7 Å². The van der Waals surface area contributed by atoms with Gasteiger partial charge in [0, 0.05) is 18.7 Å². The van der Waals surface area contributed by atoms with Crippen molar-refractivity contribution in [1.29, 1.82) is 0 Å². The number of hydrogen-bond donors (Lipinski definition) is 3. The summed E-state index contributed by atoms with van der Waals surface area (Å²) in [5.74, 6) is 0.169. The minimum absolute atomic E-state index is 0.0263. The number of phenols is 1. The Labute approximate surface area is 89.3 Å². The maximum absolute atomic E-state index is 11.4. The average Bonchev–Trinajstić information content (AvgIpc) is 2.22. The SMILES string of the molecule is CCNCCC(=O)Nc1ccc(O)cc1. The number of nitrogens with one attached hydrogen (secondary N) is 2. The lowest BCUT2D eigenvalue weighted by Crippen LogP contribution is -2.21. The van der Waals surface area contributed by atoms with Crippen molar-refractivity contribution in [1.82, 2.24) is 5.32 Å². The van der Waals surface area contributed by atoms with Crippen LogP contribution in [0.2, 0.25) is 0 Å². The quantitative estimate of drug-likeness (QED) is 0.505. The second-order valence-electron chi connectivity index (χ2n) is 3.20. The summed E-state index contributed by atoms with van der Waals surface area (Å²) in [4.78, 5) is 11.4. The summed E-state index contributed by atoms with van der Waals surface area (Å²) in [7, 11) is 0. The maximum Gasteiger partial charge on any atom is 0.225 e. The number of benzene rings is 1. The number of carbonyl (C=O) groups is 1. The Morgan fingerprint density at radius 1 is 1.33 bits per heavy atom. The first kappa shape index (κ1) is 11.5. The Kier molecular flexibility index (Phi) is 4.63. The summed E-state index contributed by atoms with van der Waals surface area (Å²) in [6.07, 6.45) is 0.453. The Bertz CT molecular complexity index is 309. The van der Waals surface area contributed by atoms with Crippen LogP contribution in [0.25, 0.3) is 0 Å². The maximum atomic E-state index is 11.4. The van der Waals surface area contributed by atoms with Crippen LogP contribution in [-0.4, -0.2) is 24.1 Å². The molecule has 4 heteroatoms. The predicted octanol–water partition coefficient (Wildman–Crippen LogP) is 1.33. The van der Waals surface area contributed by atoms with Crippen molar-refractivity contribution in [2.24, 2.45) is 0 Å². The standard InChI is InChI=1S/C11H16N2O2/c1-2-12-8-7-11(15)13-9-3-5-10(14)6-4-9/h3-6,12,14H,2,7-8H2,1H3,(H,13,15). The highest BCUT2D eigenvalue weighted by Crippen LogP contribution is 2.13. The summed E-state index contributed by atoms with van der Waals surface area (Å²) < 4.78 is 0. The second kappa shape index (κ2) is 6.03. The number of rotatable bonds is 5. The summed E-state index contributed by atoms with van der Waals surface area (Å²) in [5.41, 5.74) is 0.703. The molecule has 1 aromatic rings. The van der Waals surface area contributed by atoms with Crippen molar-refractivity contribution in [2.75, 3.05) is 18.4 Å². The molecule has 0 aromatic heterocycles. The summed E-state index contributed by atoms with van der Waals surface area (Å²) in [6.45, 7) is 3.55. The average molecular weight is 208 g/mol. The fourth-order valence-electron chi connectivity index (χ4n) is 1.15. The van der Waals surface area contributed by atoms with E-state index in [1.807, 2.05) is 6.92 Å². The summed E-state index contributed by atoms with van der Waals surface area (Å²) >= 11 is 0. The largest absolute Gasteiger partial charge is 0.508 e. The van der Waals surface area contributed by atoms with Crippen LogP contribution in [0.5, 0.6) is 5.75 Å². The highest BCUT2D eigenvalue weighted by atomic mass is 16.3. The fourth-order valence-corrected chi connectivity index (χ4v) is 1.15.